The van der Waals surface area contributed by atoms with Gasteiger partial charge in [-0.25, -0.2) is 8.42 Å². The third kappa shape index (κ3) is 2.16. The summed E-state index contributed by atoms with van der Waals surface area (Å²) >= 11 is 0. The van der Waals surface area contributed by atoms with Crippen molar-refractivity contribution in [3.8, 4) is 5.75 Å². The molecule has 1 heterocycles. The fourth-order valence-corrected chi connectivity index (χ4v) is 3.42. The van der Waals surface area contributed by atoms with Crippen LogP contribution in [0.15, 0.2) is 23.1 Å². The Morgan fingerprint density at radius 1 is 1.22 bits per heavy atom. The first-order valence-corrected chi connectivity index (χ1v) is 6.82. The molecule has 18 heavy (non-hydrogen) atoms. The SMILES string of the molecule is O=[N+]([O-])c1cc(S(=O)(=O)N2CCCC2)ccc1[O-]. The highest BCUT2D eigenvalue weighted by molar-refractivity contribution is 7.89. The third-order valence-corrected chi connectivity index (χ3v) is 4.72. The van der Waals surface area contributed by atoms with Crippen molar-refractivity contribution < 1.29 is 18.4 Å². The van der Waals surface area contributed by atoms with Crippen LogP contribution in [0.25, 0.3) is 0 Å². The van der Waals surface area contributed by atoms with Crippen LogP contribution in [0.3, 0.4) is 0 Å². The van der Waals surface area contributed by atoms with Crippen LogP contribution in [0.2, 0.25) is 0 Å². The van der Waals surface area contributed by atoms with Crippen molar-refractivity contribution in [2.45, 2.75) is 17.7 Å². The molecule has 0 radical (unpaired) electrons. The van der Waals surface area contributed by atoms with Crippen molar-refractivity contribution in [2.24, 2.45) is 0 Å². The van der Waals surface area contributed by atoms with Gasteiger partial charge in [-0.2, -0.15) is 4.31 Å². The van der Waals surface area contributed by atoms with Crippen LogP contribution in [0.4, 0.5) is 5.69 Å². The van der Waals surface area contributed by atoms with Crippen molar-refractivity contribution in [1.29, 1.82) is 0 Å². The molecular formula is C10H11N2O5S-. The Hall–Kier alpha value is -1.67. The molecule has 0 saturated carbocycles. The number of hydrogen-bond donors (Lipinski definition) is 0. The van der Waals surface area contributed by atoms with Gasteiger partial charge in [0.25, 0.3) is 5.69 Å². The standard InChI is InChI=1S/C10H12N2O5S/c13-10-4-3-8(7-9(10)12(14)15)18(16,17)11-5-1-2-6-11/h3-4,7,13H,1-2,5-6H2/p-1. The average molecular weight is 271 g/mol. The van der Waals surface area contributed by atoms with Gasteiger partial charge in [-0.15, -0.1) is 0 Å². The van der Waals surface area contributed by atoms with E-state index in [0.29, 0.717) is 13.1 Å². The topological polar surface area (TPSA) is 104 Å². The lowest BCUT2D eigenvalue weighted by molar-refractivity contribution is -0.398. The molecule has 98 valence electrons. The molecule has 8 heteroatoms. The third-order valence-electron chi connectivity index (χ3n) is 2.83. The second-order valence-electron chi connectivity index (χ2n) is 4.00. The minimum absolute atomic E-state index is 0.198. The number of sulfonamides is 1. The highest BCUT2D eigenvalue weighted by Crippen LogP contribution is 2.28. The summed E-state index contributed by atoms with van der Waals surface area (Å²) < 4.78 is 25.5. The molecule has 7 nitrogen and oxygen atoms in total. The van der Waals surface area contributed by atoms with Gasteiger partial charge in [-0.1, -0.05) is 6.07 Å². The minimum atomic E-state index is -3.72. The van der Waals surface area contributed by atoms with Gasteiger partial charge in [0.1, 0.15) is 0 Å². The predicted molar refractivity (Wildman–Crippen MR) is 60.5 cm³/mol. The van der Waals surface area contributed by atoms with E-state index in [2.05, 4.69) is 0 Å². The summed E-state index contributed by atoms with van der Waals surface area (Å²) in [6.07, 6.45) is 1.56. The molecule has 2 rings (SSSR count). The van der Waals surface area contributed by atoms with Crippen LogP contribution in [-0.2, 0) is 10.0 Å². The Kier molecular flexibility index (Phi) is 3.22. The molecule has 0 aromatic heterocycles. The summed E-state index contributed by atoms with van der Waals surface area (Å²) in [5, 5.41) is 21.8. The maximum absolute atomic E-state index is 12.1. The molecular weight excluding hydrogens is 260 g/mol. The Morgan fingerprint density at radius 3 is 2.39 bits per heavy atom. The second-order valence-corrected chi connectivity index (χ2v) is 5.94. The van der Waals surface area contributed by atoms with Crippen LogP contribution in [0, 0.1) is 10.1 Å². The van der Waals surface area contributed by atoms with Crippen LogP contribution < -0.4 is 5.11 Å². The zero-order valence-corrected chi connectivity index (χ0v) is 10.2. The van der Waals surface area contributed by atoms with E-state index in [1.54, 1.807) is 0 Å². The summed E-state index contributed by atoms with van der Waals surface area (Å²) in [5.74, 6) is -0.791. The molecule has 0 unspecified atom stereocenters. The Bertz CT molecular complexity index is 578. The van der Waals surface area contributed by atoms with Crippen molar-refractivity contribution in [2.75, 3.05) is 13.1 Å². The van der Waals surface area contributed by atoms with E-state index in [4.69, 9.17) is 0 Å². The molecule has 1 saturated heterocycles. The molecule has 1 aliphatic heterocycles. The fraction of sp³-hybridized carbons (Fsp3) is 0.400. The minimum Gasteiger partial charge on any atom is -0.868 e. The molecule has 0 spiro atoms. The lowest BCUT2D eigenvalue weighted by Gasteiger charge is -2.16. The van der Waals surface area contributed by atoms with Gasteiger partial charge in [0.15, 0.2) is 0 Å². The molecule has 0 aliphatic carbocycles. The van der Waals surface area contributed by atoms with Crippen LogP contribution >= 0.6 is 0 Å². The summed E-state index contributed by atoms with van der Waals surface area (Å²) in [5.41, 5.74) is -0.713. The zero-order chi connectivity index (χ0) is 13.3. The van der Waals surface area contributed by atoms with Gasteiger partial charge in [0.05, 0.1) is 9.82 Å². The van der Waals surface area contributed by atoms with Gasteiger partial charge in [0, 0.05) is 19.2 Å². The van der Waals surface area contributed by atoms with Crippen molar-refractivity contribution >= 4 is 15.7 Å². The van der Waals surface area contributed by atoms with E-state index in [9.17, 15) is 23.6 Å². The summed E-state index contributed by atoms with van der Waals surface area (Å²) in [6, 6.07) is 2.86. The fourth-order valence-electron chi connectivity index (χ4n) is 1.88. The smallest absolute Gasteiger partial charge is 0.263 e. The van der Waals surface area contributed by atoms with Crippen LogP contribution in [0.1, 0.15) is 12.8 Å². The number of benzene rings is 1. The van der Waals surface area contributed by atoms with E-state index in [1.807, 2.05) is 0 Å². The number of nitrogens with zero attached hydrogens (tertiary/aromatic N) is 2. The van der Waals surface area contributed by atoms with Gasteiger partial charge in [-0.3, -0.25) is 10.1 Å². The van der Waals surface area contributed by atoms with Crippen LogP contribution in [0.5, 0.6) is 5.75 Å². The monoisotopic (exact) mass is 271 g/mol. The molecule has 1 aromatic carbocycles. The Balaban J connectivity index is 2.45. The van der Waals surface area contributed by atoms with Gasteiger partial charge < -0.3 is 5.11 Å². The number of hydrogen-bond acceptors (Lipinski definition) is 5. The highest BCUT2D eigenvalue weighted by atomic mass is 32.2. The molecule has 0 atom stereocenters. The van der Waals surface area contributed by atoms with Crippen LogP contribution in [-0.4, -0.2) is 30.7 Å². The number of nitro groups is 1. The van der Waals surface area contributed by atoms with E-state index < -0.39 is 26.4 Å². The van der Waals surface area contributed by atoms with Gasteiger partial charge >= 0.3 is 0 Å². The normalized spacial score (nSPS) is 16.9. The largest absolute Gasteiger partial charge is 0.868 e. The molecule has 1 aromatic rings. The summed E-state index contributed by atoms with van der Waals surface area (Å²) in [6.45, 7) is 0.824. The predicted octanol–water partition coefficient (Wildman–Crippen LogP) is 0.453. The quantitative estimate of drug-likeness (QED) is 0.586. The molecule has 0 bridgehead atoms. The first-order valence-electron chi connectivity index (χ1n) is 5.38. The van der Waals surface area contributed by atoms with E-state index in [-0.39, 0.29) is 4.90 Å². The average Bonchev–Trinajstić information content (AvgIpc) is 2.82. The summed E-state index contributed by atoms with van der Waals surface area (Å²) in [4.78, 5) is 9.55. The zero-order valence-electron chi connectivity index (χ0n) is 9.40. The van der Waals surface area contributed by atoms with Crippen molar-refractivity contribution in [1.82, 2.24) is 4.31 Å². The van der Waals surface area contributed by atoms with Gasteiger partial charge in [-0.05, 0) is 24.7 Å². The van der Waals surface area contributed by atoms with E-state index in [1.165, 1.54) is 4.31 Å². The molecule has 1 fully saturated rings. The Labute approximate surface area is 104 Å². The highest BCUT2D eigenvalue weighted by Gasteiger charge is 2.28. The molecule has 0 N–H and O–H groups in total. The van der Waals surface area contributed by atoms with Gasteiger partial charge in [0.2, 0.25) is 10.0 Å². The first kappa shape index (κ1) is 12.8. The molecule has 0 amide bonds. The molecule has 1 aliphatic rings. The Morgan fingerprint density at radius 2 is 1.83 bits per heavy atom. The number of rotatable bonds is 3. The lowest BCUT2D eigenvalue weighted by Crippen LogP contribution is -2.27. The van der Waals surface area contributed by atoms with E-state index in [0.717, 1.165) is 31.0 Å². The maximum Gasteiger partial charge on any atom is 0.263 e. The second kappa shape index (κ2) is 4.54. The van der Waals surface area contributed by atoms with E-state index >= 15 is 0 Å². The summed E-state index contributed by atoms with van der Waals surface area (Å²) in [7, 11) is -3.72. The number of nitro benzene ring substituents is 1. The lowest BCUT2D eigenvalue weighted by atomic mass is 10.3. The van der Waals surface area contributed by atoms with Crippen molar-refractivity contribution in [3.05, 3.63) is 28.3 Å². The maximum atomic E-state index is 12.1. The first-order chi connectivity index (χ1) is 8.43. The van der Waals surface area contributed by atoms with Crippen molar-refractivity contribution in [3.63, 3.8) is 0 Å².